The van der Waals surface area contributed by atoms with Crippen LogP contribution in [0.2, 0.25) is 0 Å². The van der Waals surface area contributed by atoms with Crippen molar-refractivity contribution < 1.29 is 9.53 Å². The van der Waals surface area contributed by atoms with E-state index in [2.05, 4.69) is 9.72 Å². The number of ether oxygens (including phenoxy) is 1. The Morgan fingerprint density at radius 3 is 2.83 bits per heavy atom. The van der Waals surface area contributed by atoms with Crippen LogP contribution in [0.15, 0.2) is 12.3 Å². The smallest absolute Gasteiger partial charge is 0.354 e. The molecular weight excluding hydrogens is 156 g/mol. The van der Waals surface area contributed by atoms with Gasteiger partial charge in [0.25, 0.3) is 0 Å². The molecule has 0 unspecified atom stereocenters. The van der Waals surface area contributed by atoms with Gasteiger partial charge in [-0.1, -0.05) is 0 Å². The molecule has 0 aliphatic rings. The zero-order chi connectivity index (χ0) is 9.14. The van der Waals surface area contributed by atoms with Crippen molar-refractivity contribution >= 4 is 5.97 Å². The predicted molar refractivity (Wildman–Crippen MR) is 44.7 cm³/mol. The van der Waals surface area contributed by atoms with Crippen LogP contribution in [0.5, 0.6) is 0 Å². The molecule has 12 heavy (non-hydrogen) atoms. The second-order valence-corrected chi connectivity index (χ2v) is 2.63. The van der Waals surface area contributed by atoms with Crippen LogP contribution in [0.25, 0.3) is 0 Å². The Labute approximate surface area is 70.7 Å². The van der Waals surface area contributed by atoms with Gasteiger partial charge in [0.15, 0.2) is 0 Å². The third-order valence-electron chi connectivity index (χ3n) is 1.64. The number of nitrogens with two attached hydrogens (primary N) is 1. The van der Waals surface area contributed by atoms with E-state index in [4.69, 9.17) is 5.73 Å². The number of carbonyl (C=O) groups is 1. The minimum Gasteiger partial charge on any atom is -0.464 e. The molecule has 1 aromatic rings. The zero-order valence-electron chi connectivity index (χ0n) is 7.13. The Hall–Kier alpha value is -1.29. The third-order valence-corrected chi connectivity index (χ3v) is 1.64. The Morgan fingerprint density at radius 2 is 2.42 bits per heavy atom. The second kappa shape index (κ2) is 3.40. The van der Waals surface area contributed by atoms with Crippen LogP contribution in [-0.4, -0.2) is 18.1 Å². The van der Waals surface area contributed by atoms with Gasteiger partial charge in [0.05, 0.1) is 7.11 Å². The number of esters is 1. The summed E-state index contributed by atoms with van der Waals surface area (Å²) in [5, 5.41) is 0. The molecule has 4 nitrogen and oxygen atoms in total. The first-order valence-corrected chi connectivity index (χ1v) is 3.67. The molecule has 0 amide bonds. The highest BCUT2D eigenvalue weighted by atomic mass is 16.5. The average Bonchev–Trinajstić information content (AvgIpc) is 2.51. The summed E-state index contributed by atoms with van der Waals surface area (Å²) in [6, 6.07) is 1.62. The predicted octanol–water partition coefficient (Wildman–Crippen LogP) is 0.821. The fourth-order valence-corrected chi connectivity index (χ4v) is 0.902. The molecule has 66 valence electrons. The summed E-state index contributed by atoms with van der Waals surface area (Å²) >= 11 is 0. The van der Waals surface area contributed by atoms with Gasteiger partial charge < -0.3 is 15.5 Å². The number of aromatic amines is 1. The fourth-order valence-electron chi connectivity index (χ4n) is 0.902. The van der Waals surface area contributed by atoms with Crippen molar-refractivity contribution in [3.05, 3.63) is 23.5 Å². The summed E-state index contributed by atoms with van der Waals surface area (Å²) in [5.41, 5.74) is 6.93. The molecule has 1 heterocycles. The number of hydrogen-bond acceptors (Lipinski definition) is 3. The maximum Gasteiger partial charge on any atom is 0.354 e. The summed E-state index contributed by atoms with van der Waals surface area (Å²) in [6.07, 6.45) is 1.71. The molecule has 0 spiro atoms. The van der Waals surface area contributed by atoms with E-state index in [-0.39, 0.29) is 12.0 Å². The normalized spacial score (nSPS) is 12.6. The maximum absolute atomic E-state index is 11.0. The summed E-state index contributed by atoms with van der Waals surface area (Å²) in [5.74, 6) is -0.373. The molecule has 0 fully saturated rings. The number of rotatable bonds is 2. The first kappa shape index (κ1) is 8.80. The lowest BCUT2D eigenvalue weighted by Gasteiger charge is -1.97. The van der Waals surface area contributed by atoms with Crippen molar-refractivity contribution in [1.29, 1.82) is 0 Å². The Balaban J connectivity index is 2.84. The molecule has 1 atom stereocenters. The van der Waals surface area contributed by atoms with E-state index in [9.17, 15) is 4.79 Å². The molecule has 0 aromatic carbocycles. The van der Waals surface area contributed by atoms with E-state index in [1.165, 1.54) is 7.11 Å². The van der Waals surface area contributed by atoms with Crippen LogP contribution >= 0.6 is 0 Å². The van der Waals surface area contributed by atoms with Gasteiger partial charge >= 0.3 is 5.97 Å². The van der Waals surface area contributed by atoms with Crippen LogP contribution in [0.1, 0.15) is 29.0 Å². The summed E-state index contributed by atoms with van der Waals surface area (Å²) in [7, 11) is 1.34. The van der Waals surface area contributed by atoms with Crippen molar-refractivity contribution in [2.75, 3.05) is 7.11 Å². The monoisotopic (exact) mass is 168 g/mol. The van der Waals surface area contributed by atoms with E-state index in [1.54, 1.807) is 12.3 Å². The highest BCUT2D eigenvalue weighted by Gasteiger charge is 2.09. The van der Waals surface area contributed by atoms with E-state index in [0.29, 0.717) is 5.69 Å². The number of methoxy groups -OCH3 is 1. The Morgan fingerprint density at radius 1 is 1.75 bits per heavy atom. The first-order chi connectivity index (χ1) is 5.65. The minimum atomic E-state index is -0.373. The molecule has 0 saturated carbocycles. The van der Waals surface area contributed by atoms with Crippen molar-refractivity contribution in [2.45, 2.75) is 13.0 Å². The number of aromatic nitrogens is 1. The van der Waals surface area contributed by atoms with Crippen LogP contribution in [0, 0.1) is 0 Å². The molecule has 0 radical (unpaired) electrons. The van der Waals surface area contributed by atoms with Gasteiger partial charge in [0.2, 0.25) is 0 Å². The van der Waals surface area contributed by atoms with Crippen LogP contribution in [0.4, 0.5) is 0 Å². The lowest BCUT2D eigenvalue weighted by atomic mass is 10.2. The van der Waals surface area contributed by atoms with Gasteiger partial charge in [-0.05, 0) is 18.6 Å². The van der Waals surface area contributed by atoms with E-state index in [0.717, 1.165) is 5.56 Å². The van der Waals surface area contributed by atoms with Gasteiger partial charge in [0, 0.05) is 12.2 Å². The molecule has 3 N–H and O–H groups in total. The largest absolute Gasteiger partial charge is 0.464 e. The molecule has 0 aliphatic heterocycles. The van der Waals surface area contributed by atoms with Crippen LogP contribution < -0.4 is 5.73 Å². The number of nitrogens with one attached hydrogen (secondary N) is 1. The Kier molecular flexibility index (Phi) is 2.50. The van der Waals surface area contributed by atoms with Crippen molar-refractivity contribution in [1.82, 2.24) is 4.98 Å². The number of hydrogen-bond donors (Lipinski definition) is 2. The minimum absolute atomic E-state index is 0.0698. The summed E-state index contributed by atoms with van der Waals surface area (Å²) in [4.78, 5) is 13.7. The third kappa shape index (κ3) is 1.65. The molecule has 0 saturated heterocycles. The average molecular weight is 168 g/mol. The SMILES string of the molecule is COC(=O)c1cc([C@@H](C)N)c[nH]1. The van der Waals surface area contributed by atoms with Gasteiger partial charge in [-0.2, -0.15) is 0 Å². The molecule has 0 bridgehead atoms. The van der Waals surface area contributed by atoms with Crippen LogP contribution in [0.3, 0.4) is 0 Å². The summed E-state index contributed by atoms with van der Waals surface area (Å²) in [6.45, 7) is 1.85. The highest BCUT2D eigenvalue weighted by molar-refractivity contribution is 5.87. The lowest BCUT2D eigenvalue weighted by Crippen LogP contribution is -2.03. The number of carbonyl (C=O) groups excluding carboxylic acids is 1. The van der Waals surface area contributed by atoms with E-state index < -0.39 is 0 Å². The quantitative estimate of drug-likeness (QED) is 0.642. The topological polar surface area (TPSA) is 68.1 Å². The molecule has 1 aromatic heterocycles. The van der Waals surface area contributed by atoms with E-state index in [1.807, 2.05) is 6.92 Å². The zero-order valence-corrected chi connectivity index (χ0v) is 7.13. The molecular formula is C8H12N2O2. The van der Waals surface area contributed by atoms with E-state index >= 15 is 0 Å². The van der Waals surface area contributed by atoms with Gasteiger partial charge in [0.1, 0.15) is 5.69 Å². The van der Waals surface area contributed by atoms with Crippen LogP contribution in [-0.2, 0) is 4.74 Å². The standard InChI is InChI=1S/C8H12N2O2/c1-5(9)6-3-7(10-4-6)8(11)12-2/h3-5,10H,9H2,1-2H3/t5-/m1/s1. The highest BCUT2D eigenvalue weighted by Crippen LogP contribution is 2.11. The molecule has 1 rings (SSSR count). The van der Waals surface area contributed by atoms with Gasteiger partial charge in [-0.3, -0.25) is 0 Å². The van der Waals surface area contributed by atoms with Gasteiger partial charge in [-0.25, -0.2) is 4.79 Å². The Bertz CT molecular complexity index is 278. The lowest BCUT2D eigenvalue weighted by molar-refractivity contribution is 0.0595. The number of H-pyrrole nitrogens is 1. The maximum atomic E-state index is 11.0. The van der Waals surface area contributed by atoms with Gasteiger partial charge in [-0.15, -0.1) is 0 Å². The fraction of sp³-hybridized carbons (Fsp3) is 0.375. The van der Waals surface area contributed by atoms with Crippen molar-refractivity contribution in [3.8, 4) is 0 Å². The molecule has 4 heteroatoms. The summed E-state index contributed by atoms with van der Waals surface area (Å²) < 4.78 is 4.52. The molecule has 0 aliphatic carbocycles. The van der Waals surface area contributed by atoms with Crippen molar-refractivity contribution in [3.63, 3.8) is 0 Å². The first-order valence-electron chi connectivity index (χ1n) is 3.67. The van der Waals surface area contributed by atoms with Crippen molar-refractivity contribution in [2.24, 2.45) is 5.73 Å². The second-order valence-electron chi connectivity index (χ2n) is 2.63.